The number of para-hydroxylation sites is 1. The largest absolute Gasteiger partial charge is 0.496 e. The smallest absolute Gasteiger partial charge is 0.325 e. The van der Waals surface area contributed by atoms with Gasteiger partial charge in [0.2, 0.25) is 0 Å². The molecule has 2 aromatic heterocycles. The van der Waals surface area contributed by atoms with Crippen LogP contribution in [0.2, 0.25) is 0 Å². The van der Waals surface area contributed by atoms with Crippen LogP contribution in [0.5, 0.6) is 5.75 Å². The highest BCUT2D eigenvalue weighted by atomic mass is 16.5. The number of hydrogen-bond acceptors (Lipinski definition) is 5. The Balaban J connectivity index is 2.12. The Morgan fingerprint density at radius 2 is 2.00 bits per heavy atom. The first-order valence-corrected chi connectivity index (χ1v) is 8.16. The van der Waals surface area contributed by atoms with E-state index in [1.807, 2.05) is 53.8 Å². The van der Waals surface area contributed by atoms with E-state index in [1.54, 1.807) is 14.0 Å². The number of fused-ring (bicyclic) bond motifs is 1. The fraction of sp³-hybridized carbons (Fsp3) is 0.263. The predicted molar refractivity (Wildman–Crippen MR) is 97.0 cm³/mol. The SMILES string of the molecule is CCOC(=O)CNc1c(-c2ccccc2OC)nc2cccc(C)n12. The van der Waals surface area contributed by atoms with E-state index in [2.05, 4.69) is 5.32 Å². The lowest BCUT2D eigenvalue weighted by Gasteiger charge is -2.11. The van der Waals surface area contributed by atoms with E-state index in [4.69, 9.17) is 14.5 Å². The summed E-state index contributed by atoms with van der Waals surface area (Å²) in [5.74, 6) is 1.16. The molecule has 6 nitrogen and oxygen atoms in total. The molecule has 3 rings (SSSR count). The molecule has 2 heterocycles. The van der Waals surface area contributed by atoms with Crippen LogP contribution >= 0.6 is 0 Å². The number of aryl methyl sites for hydroxylation is 1. The van der Waals surface area contributed by atoms with Gasteiger partial charge in [0.25, 0.3) is 0 Å². The molecule has 0 aliphatic rings. The first-order chi connectivity index (χ1) is 12.2. The van der Waals surface area contributed by atoms with Crippen molar-refractivity contribution in [3.63, 3.8) is 0 Å². The zero-order chi connectivity index (χ0) is 17.8. The van der Waals surface area contributed by atoms with Gasteiger partial charge in [-0.25, -0.2) is 4.98 Å². The van der Waals surface area contributed by atoms with E-state index in [9.17, 15) is 4.79 Å². The van der Waals surface area contributed by atoms with Crippen LogP contribution in [0.4, 0.5) is 5.82 Å². The summed E-state index contributed by atoms with van der Waals surface area (Å²) in [6.45, 7) is 4.21. The van der Waals surface area contributed by atoms with Crippen molar-refractivity contribution in [2.45, 2.75) is 13.8 Å². The van der Waals surface area contributed by atoms with Gasteiger partial charge in [0.05, 0.1) is 13.7 Å². The number of nitrogens with one attached hydrogen (secondary N) is 1. The zero-order valence-corrected chi connectivity index (χ0v) is 14.6. The summed E-state index contributed by atoms with van der Waals surface area (Å²) in [6.07, 6.45) is 0. The van der Waals surface area contributed by atoms with Crippen LogP contribution in [0.1, 0.15) is 12.6 Å². The summed E-state index contributed by atoms with van der Waals surface area (Å²) >= 11 is 0. The third kappa shape index (κ3) is 3.28. The molecule has 0 atom stereocenters. The number of rotatable bonds is 6. The highest BCUT2D eigenvalue weighted by Crippen LogP contribution is 2.35. The van der Waals surface area contributed by atoms with Gasteiger partial charge in [-0.15, -0.1) is 0 Å². The number of pyridine rings is 1. The van der Waals surface area contributed by atoms with Gasteiger partial charge < -0.3 is 14.8 Å². The standard InChI is InChI=1S/C19H21N3O3/c1-4-25-17(23)12-20-19-18(14-9-5-6-10-15(14)24-3)21-16-11-7-8-13(2)22(16)19/h5-11,20H,4,12H2,1-3H3. The van der Waals surface area contributed by atoms with Crippen LogP contribution in [-0.4, -0.2) is 35.6 Å². The zero-order valence-electron chi connectivity index (χ0n) is 14.6. The minimum Gasteiger partial charge on any atom is -0.496 e. The first-order valence-electron chi connectivity index (χ1n) is 8.16. The van der Waals surface area contributed by atoms with Gasteiger partial charge in [-0.1, -0.05) is 18.2 Å². The Morgan fingerprint density at radius 3 is 2.76 bits per heavy atom. The van der Waals surface area contributed by atoms with Crippen molar-refractivity contribution >= 4 is 17.4 Å². The van der Waals surface area contributed by atoms with E-state index < -0.39 is 0 Å². The Hall–Kier alpha value is -3.02. The fourth-order valence-electron chi connectivity index (χ4n) is 2.81. The Labute approximate surface area is 146 Å². The minimum absolute atomic E-state index is 0.0676. The quantitative estimate of drug-likeness (QED) is 0.698. The third-order valence-corrected chi connectivity index (χ3v) is 3.91. The van der Waals surface area contributed by atoms with Crippen LogP contribution in [0.25, 0.3) is 16.9 Å². The summed E-state index contributed by atoms with van der Waals surface area (Å²) < 4.78 is 12.5. The van der Waals surface area contributed by atoms with Gasteiger partial charge in [-0.05, 0) is 38.1 Å². The van der Waals surface area contributed by atoms with Crippen molar-refractivity contribution in [2.75, 3.05) is 25.6 Å². The first kappa shape index (κ1) is 16.8. The normalized spacial score (nSPS) is 10.7. The summed E-state index contributed by atoms with van der Waals surface area (Å²) in [5, 5.41) is 3.18. The summed E-state index contributed by atoms with van der Waals surface area (Å²) in [5.41, 5.74) is 3.40. The van der Waals surface area contributed by atoms with Crippen LogP contribution in [0, 0.1) is 6.92 Å². The molecule has 0 saturated carbocycles. The van der Waals surface area contributed by atoms with Crippen LogP contribution < -0.4 is 10.1 Å². The number of esters is 1. The van der Waals surface area contributed by atoms with E-state index in [0.717, 1.165) is 34.2 Å². The van der Waals surface area contributed by atoms with Gasteiger partial charge in [-0.3, -0.25) is 9.20 Å². The van der Waals surface area contributed by atoms with Crippen LogP contribution in [0.3, 0.4) is 0 Å². The van der Waals surface area contributed by atoms with Gasteiger partial charge in [0.15, 0.2) is 0 Å². The number of carbonyl (C=O) groups is 1. The summed E-state index contributed by atoms with van der Waals surface area (Å²) in [7, 11) is 1.63. The minimum atomic E-state index is -0.308. The summed E-state index contributed by atoms with van der Waals surface area (Å²) in [6, 6.07) is 13.6. The maximum absolute atomic E-state index is 11.8. The van der Waals surface area contributed by atoms with Crippen LogP contribution in [-0.2, 0) is 9.53 Å². The van der Waals surface area contributed by atoms with Gasteiger partial charge in [0.1, 0.15) is 29.5 Å². The second kappa shape index (κ2) is 7.25. The second-order valence-corrected chi connectivity index (χ2v) is 5.53. The number of hydrogen-bond donors (Lipinski definition) is 1. The van der Waals surface area contributed by atoms with E-state index >= 15 is 0 Å². The molecular formula is C19H21N3O3. The molecule has 6 heteroatoms. The molecule has 1 aromatic carbocycles. The fourth-order valence-corrected chi connectivity index (χ4v) is 2.81. The molecule has 1 N–H and O–H groups in total. The molecule has 0 spiro atoms. The van der Waals surface area contributed by atoms with Crippen molar-refractivity contribution < 1.29 is 14.3 Å². The molecular weight excluding hydrogens is 318 g/mol. The predicted octanol–water partition coefficient (Wildman–Crippen LogP) is 3.29. The molecule has 0 unspecified atom stereocenters. The van der Waals surface area contributed by atoms with Crippen molar-refractivity contribution in [3.8, 4) is 17.0 Å². The van der Waals surface area contributed by atoms with E-state index in [-0.39, 0.29) is 12.5 Å². The average Bonchev–Trinajstić information content (AvgIpc) is 3.00. The number of carbonyl (C=O) groups excluding carboxylic acids is 1. The maximum atomic E-state index is 11.8. The number of aromatic nitrogens is 2. The molecule has 0 radical (unpaired) electrons. The highest BCUT2D eigenvalue weighted by molar-refractivity contribution is 5.83. The Morgan fingerprint density at radius 1 is 1.20 bits per heavy atom. The highest BCUT2D eigenvalue weighted by Gasteiger charge is 2.18. The lowest BCUT2D eigenvalue weighted by Crippen LogP contribution is -2.18. The number of ether oxygens (including phenoxy) is 2. The van der Waals surface area contributed by atoms with E-state index in [0.29, 0.717) is 6.61 Å². The molecule has 130 valence electrons. The number of methoxy groups -OCH3 is 1. The number of benzene rings is 1. The lowest BCUT2D eigenvalue weighted by molar-refractivity contribution is -0.140. The van der Waals surface area contributed by atoms with E-state index in [1.165, 1.54) is 0 Å². The molecule has 0 aliphatic heterocycles. The van der Waals surface area contributed by atoms with Crippen molar-refractivity contribution in [1.29, 1.82) is 0 Å². The number of anilines is 1. The molecule has 0 bridgehead atoms. The average molecular weight is 339 g/mol. The second-order valence-electron chi connectivity index (χ2n) is 5.53. The van der Waals surface area contributed by atoms with Crippen molar-refractivity contribution in [1.82, 2.24) is 9.38 Å². The third-order valence-electron chi connectivity index (χ3n) is 3.91. The van der Waals surface area contributed by atoms with Gasteiger partial charge in [0, 0.05) is 11.3 Å². The Kier molecular flexibility index (Phi) is 4.88. The molecule has 0 aliphatic carbocycles. The molecule has 25 heavy (non-hydrogen) atoms. The Bertz CT molecular complexity index is 902. The topological polar surface area (TPSA) is 64.9 Å². The van der Waals surface area contributed by atoms with Gasteiger partial charge >= 0.3 is 5.97 Å². The molecule has 0 saturated heterocycles. The van der Waals surface area contributed by atoms with Crippen molar-refractivity contribution in [2.24, 2.45) is 0 Å². The monoisotopic (exact) mass is 339 g/mol. The lowest BCUT2D eigenvalue weighted by atomic mass is 10.1. The van der Waals surface area contributed by atoms with Crippen molar-refractivity contribution in [3.05, 3.63) is 48.2 Å². The maximum Gasteiger partial charge on any atom is 0.325 e. The van der Waals surface area contributed by atoms with Crippen LogP contribution in [0.15, 0.2) is 42.5 Å². The molecule has 0 amide bonds. The summed E-state index contributed by atoms with van der Waals surface area (Å²) in [4.78, 5) is 16.5. The molecule has 0 fully saturated rings. The number of nitrogens with zero attached hydrogens (tertiary/aromatic N) is 2. The van der Waals surface area contributed by atoms with Gasteiger partial charge in [-0.2, -0.15) is 0 Å². The number of imidazole rings is 1. The molecule has 3 aromatic rings.